The van der Waals surface area contributed by atoms with Crippen LogP contribution in [0.15, 0.2) is 66.1 Å². The lowest BCUT2D eigenvalue weighted by molar-refractivity contribution is 0.782. The van der Waals surface area contributed by atoms with Gasteiger partial charge in [0.1, 0.15) is 0 Å². The number of benzene rings is 1. The lowest BCUT2D eigenvalue weighted by Crippen LogP contribution is -2.17. The van der Waals surface area contributed by atoms with E-state index in [1.807, 2.05) is 42.6 Å². The molecular weight excluding hydrogens is 198 g/mol. The number of allylic oxidation sites excluding steroid dienone is 1. The van der Waals surface area contributed by atoms with E-state index in [9.17, 15) is 4.79 Å². The SMILES string of the molecule is C=CCn1cc(-c2ccccc2)ccc1=O. The largest absolute Gasteiger partial charge is 0.311 e. The molecule has 0 radical (unpaired) electrons. The summed E-state index contributed by atoms with van der Waals surface area (Å²) < 4.78 is 1.65. The van der Waals surface area contributed by atoms with Crippen LogP contribution in [0.2, 0.25) is 0 Å². The highest BCUT2D eigenvalue weighted by Crippen LogP contribution is 2.16. The molecule has 0 saturated heterocycles. The van der Waals surface area contributed by atoms with E-state index in [1.165, 1.54) is 0 Å². The van der Waals surface area contributed by atoms with Crippen LogP contribution in [0.25, 0.3) is 11.1 Å². The van der Waals surface area contributed by atoms with Gasteiger partial charge >= 0.3 is 0 Å². The van der Waals surface area contributed by atoms with E-state index >= 15 is 0 Å². The Morgan fingerprint density at radius 1 is 1.06 bits per heavy atom. The van der Waals surface area contributed by atoms with Crippen molar-refractivity contribution in [2.45, 2.75) is 6.54 Å². The summed E-state index contributed by atoms with van der Waals surface area (Å²) in [5.74, 6) is 0. The molecule has 1 aromatic heterocycles. The van der Waals surface area contributed by atoms with Crippen LogP contribution >= 0.6 is 0 Å². The molecule has 2 rings (SSSR count). The van der Waals surface area contributed by atoms with Gasteiger partial charge in [0.25, 0.3) is 5.56 Å². The van der Waals surface area contributed by atoms with Gasteiger partial charge < -0.3 is 4.57 Å². The highest BCUT2D eigenvalue weighted by Gasteiger charge is 1.99. The Kier molecular flexibility index (Phi) is 3.01. The zero-order chi connectivity index (χ0) is 11.4. The highest BCUT2D eigenvalue weighted by molar-refractivity contribution is 5.61. The van der Waals surface area contributed by atoms with Crippen molar-refractivity contribution in [3.63, 3.8) is 0 Å². The van der Waals surface area contributed by atoms with E-state index in [2.05, 4.69) is 6.58 Å². The predicted octanol–water partition coefficient (Wildman–Crippen LogP) is 2.70. The Hall–Kier alpha value is -2.09. The molecule has 0 unspecified atom stereocenters. The zero-order valence-corrected chi connectivity index (χ0v) is 8.97. The van der Waals surface area contributed by atoms with Gasteiger partial charge in [0, 0.05) is 18.8 Å². The van der Waals surface area contributed by atoms with Crippen molar-refractivity contribution < 1.29 is 0 Å². The first-order chi connectivity index (χ1) is 7.81. The maximum Gasteiger partial charge on any atom is 0.250 e. The number of aromatic nitrogens is 1. The molecule has 0 amide bonds. The summed E-state index contributed by atoms with van der Waals surface area (Å²) in [4.78, 5) is 11.5. The van der Waals surface area contributed by atoms with Gasteiger partial charge in [-0.15, -0.1) is 6.58 Å². The Balaban J connectivity index is 2.47. The summed E-state index contributed by atoms with van der Waals surface area (Å²) in [6, 6.07) is 13.4. The first-order valence-electron chi connectivity index (χ1n) is 5.18. The van der Waals surface area contributed by atoms with Crippen molar-refractivity contribution in [2.24, 2.45) is 0 Å². The maximum absolute atomic E-state index is 11.5. The van der Waals surface area contributed by atoms with Gasteiger partial charge in [-0.3, -0.25) is 4.79 Å². The summed E-state index contributed by atoms with van der Waals surface area (Å²) in [6.45, 7) is 4.18. The van der Waals surface area contributed by atoms with Gasteiger partial charge in [0.2, 0.25) is 0 Å². The van der Waals surface area contributed by atoms with Crippen molar-refractivity contribution in [3.05, 3.63) is 71.7 Å². The van der Waals surface area contributed by atoms with E-state index in [4.69, 9.17) is 0 Å². The first-order valence-corrected chi connectivity index (χ1v) is 5.18. The van der Waals surface area contributed by atoms with E-state index in [0.29, 0.717) is 6.54 Å². The van der Waals surface area contributed by atoms with Crippen LogP contribution < -0.4 is 5.56 Å². The first kappa shape index (κ1) is 10.4. The molecule has 0 atom stereocenters. The quantitative estimate of drug-likeness (QED) is 0.715. The molecule has 0 spiro atoms. The summed E-state index contributed by atoms with van der Waals surface area (Å²) >= 11 is 0. The van der Waals surface area contributed by atoms with Crippen LogP contribution in [-0.4, -0.2) is 4.57 Å². The smallest absolute Gasteiger partial charge is 0.250 e. The molecule has 2 aromatic rings. The van der Waals surface area contributed by atoms with Crippen LogP contribution in [0.5, 0.6) is 0 Å². The average molecular weight is 211 g/mol. The predicted molar refractivity (Wildman–Crippen MR) is 66.3 cm³/mol. The lowest BCUT2D eigenvalue weighted by Gasteiger charge is -2.05. The second kappa shape index (κ2) is 4.62. The van der Waals surface area contributed by atoms with Gasteiger partial charge in [0.05, 0.1) is 0 Å². The van der Waals surface area contributed by atoms with Crippen molar-refractivity contribution in [1.82, 2.24) is 4.57 Å². The van der Waals surface area contributed by atoms with Crippen molar-refractivity contribution >= 4 is 0 Å². The summed E-state index contributed by atoms with van der Waals surface area (Å²) in [5, 5.41) is 0. The fourth-order valence-corrected chi connectivity index (χ4v) is 1.61. The van der Waals surface area contributed by atoms with Crippen LogP contribution in [0.4, 0.5) is 0 Å². The average Bonchev–Trinajstić information content (AvgIpc) is 2.33. The molecule has 2 nitrogen and oxygen atoms in total. The molecular formula is C14H13NO. The maximum atomic E-state index is 11.5. The van der Waals surface area contributed by atoms with Gasteiger partial charge in [-0.2, -0.15) is 0 Å². The molecule has 0 N–H and O–H groups in total. The molecule has 0 aliphatic carbocycles. The summed E-state index contributed by atoms with van der Waals surface area (Å²) in [7, 11) is 0. The Labute approximate surface area is 94.5 Å². The Morgan fingerprint density at radius 3 is 2.50 bits per heavy atom. The standard InChI is InChI=1S/C14H13NO/c1-2-10-15-11-13(8-9-14(15)16)12-6-4-3-5-7-12/h2-9,11H,1,10H2. The van der Waals surface area contributed by atoms with Crippen molar-refractivity contribution in [2.75, 3.05) is 0 Å². The molecule has 0 bridgehead atoms. The number of pyridine rings is 1. The van der Waals surface area contributed by atoms with E-state index < -0.39 is 0 Å². The van der Waals surface area contributed by atoms with Gasteiger partial charge in [-0.1, -0.05) is 36.4 Å². The van der Waals surface area contributed by atoms with E-state index in [1.54, 1.807) is 16.7 Å². The zero-order valence-electron chi connectivity index (χ0n) is 8.97. The second-order valence-electron chi connectivity index (χ2n) is 3.56. The van der Waals surface area contributed by atoms with Crippen LogP contribution in [0.1, 0.15) is 0 Å². The van der Waals surface area contributed by atoms with E-state index in [0.717, 1.165) is 11.1 Å². The Bertz CT molecular complexity index is 540. The summed E-state index contributed by atoms with van der Waals surface area (Å²) in [6.07, 6.45) is 3.58. The van der Waals surface area contributed by atoms with Crippen molar-refractivity contribution in [1.29, 1.82) is 0 Å². The molecule has 2 heteroatoms. The fourth-order valence-electron chi connectivity index (χ4n) is 1.61. The van der Waals surface area contributed by atoms with Gasteiger partial charge in [-0.25, -0.2) is 0 Å². The van der Waals surface area contributed by atoms with E-state index in [-0.39, 0.29) is 5.56 Å². The molecule has 0 aliphatic heterocycles. The molecule has 0 saturated carbocycles. The molecule has 0 fully saturated rings. The number of hydrogen-bond donors (Lipinski definition) is 0. The molecule has 0 aliphatic rings. The third-order valence-corrected chi connectivity index (χ3v) is 2.42. The van der Waals surface area contributed by atoms with Crippen LogP contribution in [0.3, 0.4) is 0 Å². The lowest BCUT2D eigenvalue weighted by atomic mass is 10.1. The van der Waals surface area contributed by atoms with Gasteiger partial charge in [-0.05, 0) is 17.2 Å². The minimum atomic E-state index is -0.000388. The number of hydrogen-bond acceptors (Lipinski definition) is 1. The third-order valence-electron chi connectivity index (χ3n) is 2.42. The fraction of sp³-hybridized carbons (Fsp3) is 0.0714. The highest BCUT2D eigenvalue weighted by atomic mass is 16.1. The Morgan fingerprint density at radius 2 is 1.81 bits per heavy atom. The minimum absolute atomic E-state index is 0.000388. The monoisotopic (exact) mass is 211 g/mol. The van der Waals surface area contributed by atoms with Gasteiger partial charge in [0.15, 0.2) is 0 Å². The topological polar surface area (TPSA) is 22.0 Å². The molecule has 1 heterocycles. The van der Waals surface area contributed by atoms with Crippen LogP contribution in [0, 0.1) is 0 Å². The minimum Gasteiger partial charge on any atom is -0.311 e. The normalized spacial score (nSPS) is 10.0. The van der Waals surface area contributed by atoms with Crippen LogP contribution in [-0.2, 0) is 6.54 Å². The molecule has 1 aromatic carbocycles. The number of rotatable bonds is 3. The molecule has 80 valence electrons. The number of nitrogens with zero attached hydrogens (tertiary/aromatic N) is 1. The third kappa shape index (κ3) is 2.11. The van der Waals surface area contributed by atoms with Crippen molar-refractivity contribution in [3.8, 4) is 11.1 Å². The summed E-state index contributed by atoms with van der Waals surface area (Å²) in [5.41, 5.74) is 2.15. The molecule has 16 heavy (non-hydrogen) atoms. The second-order valence-corrected chi connectivity index (χ2v) is 3.56.